The second-order valence-corrected chi connectivity index (χ2v) is 5.54. The number of nitrogens with one attached hydrogen (secondary N) is 1. The summed E-state index contributed by atoms with van der Waals surface area (Å²) in [5.41, 5.74) is 1.86. The minimum atomic E-state index is 0.138. The van der Waals surface area contributed by atoms with Crippen molar-refractivity contribution in [3.8, 4) is 0 Å². The second-order valence-electron chi connectivity index (χ2n) is 5.54. The topological polar surface area (TPSA) is 49.0 Å². The van der Waals surface area contributed by atoms with Crippen LogP contribution in [0.25, 0.3) is 0 Å². The molecule has 0 spiro atoms. The Labute approximate surface area is 113 Å². The molecule has 3 rings (SSSR count). The Morgan fingerprint density at radius 2 is 2.11 bits per heavy atom. The number of carbonyl (C=O) groups is 1. The van der Waals surface area contributed by atoms with Gasteiger partial charge in [0.2, 0.25) is 0 Å². The summed E-state index contributed by atoms with van der Waals surface area (Å²) in [4.78, 5) is 14.5. The lowest BCUT2D eigenvalue weighted by atomic mass is 9.85. The van der Waals surface area contributed by atoms with Crippen LogP contribution in [0, 0.1) is 0 Å². The summed E-state index contributed by atoms with van der Waals surface area (Å²) in [6, 6.07) is 0. The largest absolute Gasteiger partial charge is 0.335 e. The highest BCUT2D eigenvalue weighted by atomic mass is 16.2. The van der Waals surface area contributed by atoms with Gasteiger partial charge in [0.1, 0.15) is 0 Å². The molecule has 1 amide bonds. The third-order valence-corrected chi connectivity index (χ3v) is 4.26. The van der Waals surface area contributed by atoms with Crippen LogP contribution in [0.15, 0.2) is 18.3 Å². The third-order valence-electron chi connectivity index (χ3n) is 4.26. The Morgan fingerprint density at radius 3 is 2.84 bits per heavy atom. The van der Waals surface area contributed by atoms with Crippen molar-refractivity contribution in [1.29, 1.82) is 0 Å². The number of aromatic nitrogens is 2. The quantitative estimate of drug-likeness (QED) is 0.830. The van der Waals surface area contributed by atoms with Crippen LogP contribution >= 0.6 is 0 Å². The minimum absolute atomic E-state index is 0.138. The lowest BCUT2D eigenvalue weighted by Gasteiger charge is -2.25. The number of nitrogens with zero attached hydrogens (tertiary/aromatic N) is 2. The van der Waals surface area contributed by atoms with Gasteiger partial charge in [-0.15, -0.1) is 0 Å². The van der Waals surface area contributed by atoms with E-state index in [0.717, 1.165) is 30.8 Å². The highest BCUT2D eigenvalue weighted by Gasteiger charge is 2.26. The first-order valence-electron chi connectivity index (χ1n) is 7.34. The van der Waals surface area contributed by atoms with Crippen molar-refractivity contribution in [1.82, 2.24) is 15.1 Å². The standard InChI is InChI=1S/C15H21N3O/c19-15(18-9-5-2-6-10-18)13-11-16-17-14(13)12-7-3-1-4-8-12/h2,5,11-12H,1,3-4,6-10H2,(H,16,17). The molecule has 1 N–H and O–H groups in total. The molecular formula is C15H21N3O. The highest BCUT2D eigenvalue weighted by Crippen LogP contribution is 2.33. The molecule has 0 aromatic carbocycles. The zero-order valence-corrected chi connectivity index (χ0v) is 11.3. The van der Waals surface area contributed by atoms with E-state index in [9.17, 15) is 4.79 Å². The number of amides is 1. The van der Waals surface area contributed by atoms with E-state index >= 15 is 0 Å². The van der Waals surface area contributed by atoms with Gasteiger partial charge in [-0.25, -0.2) is 0 Å². The molecule has 1 aromatic rings. The lowest BCUT2D eigenvalue weighted by molar-refractivity contribution is 0.0769. The lowest BCUT2D eigenvalue weighted by Crippen LogP contribution is -2.34. The van der Waals surface area contributed by atoms with Crippen LogP contribution in [0.2, 0.25) is 0 Å². The van der Waals surface area contributed by atoms with Crippen molar-refractivity contribution in [2.75, 3.05) is 13.1 Å². The van der Waals surface area contributed by atoms with Crippen LogP contribution in [0.5, 0.6) is 0 Å². The van der Waals surface area contributed by atoms with Gasteiger partial charge >= 0.3 is 0 Å². The second kappa shape index (κ2) is 5.59. The zero-order valence-electron chi connectivity index (χ0n) is 11.3. The van der Waals surface area contributed by atoms with Crippen LogP contribution in [-0.2, 0) is 0 Å². The van der Waals surface area contributed by atoms with Gasteiger partial charge in [0, 0.05) is 19.0 Å². The SMILES string of the molecule is O=C(c1cn[nH]c1C1CCCCC1)N1CC=CCC1. The van der Waals surface area contributed by atoms with Gasteiger partial charge in [-0.3, -0.25) is 9.89 Å². The Balaban J connectivity index is 1.78. The van der Waals surface area contributed by atoms with Gasteiger partial charge in [-0.2, -0.15) is 5.10 Å². The van der Waals surface area contributed by atoms with E-state index < -0.39 is 0 Å². The van der Waals surface area contributed by atoms with Crippen LogP contribution < -0.4 is 0 Å². The first-order chi connectivity index (χ1) is 9.36. The summed E-state index contributed by atoms with van der Waals surface area (Å²) in [6.45, 7) is 1.55. The molecule has 4 nitrogen and oxygen atoms in total. The fourth-order valence-corrected chi connectivity index (χ4v) is 3.17. The van der Waals surface area contributed by atoms with Crippen molar-refractivity contribution in [2.24, 2.45) is 0 Å². The van der Waals surface area contributed by atoms with E-state index in [4.69, 9.17) is 0 Å². The molecule has 0 atom stereocenters. The fourth-order valence-electron chi connectivity index (χ4n) is 3.17. The van der Waals surface area contributed by atoms with Crippen LogP contribution in [-0.4, -0.2) is 34.1 Å². The van der Waals surface area contributed by atoms with E-state index in [2.05, 4.69) is 22.3 Å². The molecule has 0 radical (unpaired) electrons. The maximum atomic E-state index is 12.6. The number of H-pyrrole nitrogens is 1. The summed E-state index contributed by atoms with van der Waals surface area (Å²) in [5, 5.41) is 7.20. The van der Waals surface area contributed by atoms with Crippen LogP contribution in [0.3, 0.4) is 0 Å². The number of hydrogen-bond acceptors (Lipinski definition) is 2. The summed E-state index contributed by atoms with van der Waals surface area (Å²) in [6.07, 6.45) is 13.1. The molecule has 2 aliphatic rings. The predicted octanol–water partition coefficient (Wildman–Crippen LogP) is 2.86. The van der Waals surface area contributed by atoms with Gasteiger partial charge in [0.15, 0.2) is 0 Å². The summed E-state index contributed by atoms with van der Waals surface area (Å²) in [5.74, 6) is 0.634. The molecule has 0 bridgehead atoms. The van der Waals surface area contributed by atoms with Gasteiger partial charge in [-0.1, -0.05) is 31.4 Å². The van der Waals surface area contributed by atoms with E-state index in [1.54, 1.807) is 6.20 Å². The first-order valence-corrected chi connectivity index (χ1v) is 7.34. The Bertz CT molecular complexity index is 471. The van der Waals surface area contributed by atoms with E-state index in [-0.39, 0.29) is 5.91 Å². The maximum Gasteiger partial charge on any atom is 0.257 e. The summed E-state index contributed by atoms with van der Waals surface area (Å²) >= 11 is 0. The van der Waals surface area contributed by atoms with E-state index in [1.165, 1.54) is 32.1 Å². The fraction of sp³-hybridized carbons (Fsp3) is 0.600. The smallest absolute Gasteiger partial charge is 0.257 e. The van der Waals surface area contributed by atoms with Gasteiger partial charge in [-0.05, 0) is 19.3 Å². The monoisotopic (exact) mass is 259 g/mol. The number of rotatable bonds is 2. The highest BCUT2D eigenvalue weighted by molar-refractivity contribution is 5.95. The molecule has 2 heterocycles. The van der Waals surface area contributed by atoms with Crippen molar-refractivity contribution in [2.45, 2.75) is 44.4 Å². The molecule has 102 valence electrons. The number of aromatic amines is 1. The normalized spacial score (nSPS) is 20.7. The predicted molar refractivity (Wildman–Crippen MR) is 74.1 cm³/mol. The Morgan fingerprint density at radius 1 is 1.26 bits per heavy atom. The Hall–Kier alpha value is -1.58. The third kappa shape index (κ3) is 2.57. The van der Waals surface area contributed by atoms with Crippen molar-refractivity contribution < 1.29 is 4.79 Å². The van der Waals surface area contributed by atoms with E-state index in [1.807, 2.05) is 4.90 Å². The molecule has 19 heavy (non-hydrogen) atoms. The number of hydrogen-bond donors (Lipinski definition) is 1. The van der Waals surface area contributed by atoms with Gasteiger partial charge in [0.05, 0.1) is 17.5 Å². The zero-order chi connectivity index (χ0) is 13.1. The van der Waals surface area contributed by atoms with Gasteiger partial charge in [0.25, 0.3) is 5.91 Å². The minimum Gasteiger partial charge on any atom is -0.335 e. The summed E-state index contributed by atoms with van der Waals surface area (Å²) in [7, 11) is 0. The molecule has 0 saturated heterocycles. The van der Waals surface area contributed by atoms with Crippen LogP contribution in [0.4, 0.5) is 0 Å². The molecule has 4 heteroatoms. The van der Waals surface area contributed by atoms with Crippen molar-refractivity contribution in [3.63, 3.8) is 0 Å². The number of carbonyl (C=O) groups excluding carboxylic acids is 1. The Kier molecular flexibility index (Phi) is 3.67. The van der Waals surface area contributed by atoms with Crippen molar-refractivity contribution >= 4 is 5.91 Å². The first kappa shape index (κ1) is 12.5. The molecule has 0 unspecified atom stereocenters. The average molecular weight is 259 g/mol. The average Bonchev–Trinajstić information content (AvgIpc) is 2.98. The molecule has 1 aliphatic heterocycles. The van der Waals surface area contributed by atoms with Crippen LogP contribution in [0.1, 0.15) is 60.5 Å². The molecule has 1 aromatic heterocycles. The molecule has 1 fully saturated rings. The van der Waals surface area contributed by atoms with E-state index in [0.29, 0.717) is 5.92 Å². The molecular weight excluding hydrogens is 238 g/mol. The van der Waals surface area contributed by atoms with Gasteiger partial charge < -0.3 is 4.90 Å². The summed E-state index contributed by atoms with van der Waals surface area (Å²) < 4.78 is 0. The molecule has 1 saturated carbocycles. The van der Waals surface area contributed by atoms with Crippen molar-refractivity contribution in [3.05, 3.63) is 29.6 Å². The maximum absolute atomic E-state index is 12.6. The molecule has 1 aliphatic carbocycles.